The highest BCUT2D eigenvalue weighted by Crippen LogP contribution is 2.05. The standard InChI is InChI=1S/C5H10O3/c1-5(2,8)3-4(6)7/h8H,3H2,1-2H3,(H,6,7)/i1D3,2D3,3D2. The Morgan fingerprint density at radius 1 is 2.00 bits per heavy atom. The van der Waals surface area contributed by atoms with Gasteiger partial charge in [-0.25, -0.2) is 0 Å². The summed E-state index contributed by atoms with van der Waals surface area (Å²) in [6.45, 7) is -7.42. The van der Waals surface area contributed by atoms with E-state index in [-0.39, 0.29) is 0 Å². The van der Waals surface area contributed by atoms with E-state index in [1.807, 2.05) is 0 Å². The molecule has 0 heterocycles. The van der Waals surface area contributed by atoms with Crippen molar-refractivity contribution in [1.82, 2.24) is 0 Å². The van der Waals surface area contributed by atoms with Crippen LogP contribution in [0.15, 0.2) is 0 Å². The Balaban J connectivity index is 5.91. The first-order valence-electron chi connectivity index (χ1n) is 5.65. The summed E-state index contributed by atoms with van der Waals surface area (Å²) in [4.78, 5) is 10.5. The van der Waals surface area contributed by atoms with Crippen LogP contribution in [0.25, 0.3) is 0 Å². The zero-order chi connectivity index (χ0) is 13.6. The minimum Gasteiger partial charge on any atom is -0.481 e. The van der Waals surface area contributed by atoms with Gasteiger partial charge in [-0.15, -0.1) is 0 Å². The average Bonchev–Trinajstić information content (AvgIpc) is 1.97. The van der Waals surface area contributed by atoms with Gasteiger partial charge in [0.15, 0.2) is 0 Å². The summed E-state index contributed by atoms with van der Waals surface area (Å²) < 4.78 is 54.7. The Kier molecular flexibility index (Phi) is 0.393. The van der Waals surface area contributed by atoms with Crippen LogP contribution < -0.4 is 0 Å². The van der Waals surface area contributed by atoms with Crippen LogP contribution in [0.4, 0.5) is 0 Å². The van der Waals surface area contributed by atoms with E-state index >= 15 is 0 Å². The molecule has 0 bridgehead atoms. The zero-order valence-electron chi connectivity index (χ0n) is 11.8. The van der Waals surface area contributed by atoms with Gasteiger partial charge in [0, 0.05) is 11.0 Å². The number of aliphatic hydroxyl groups is 1. The van der Waals surface area contributed by atoms with Crippen LogP contribution in [-0.2, 0) is 4.79 Å². The summed E-state index contributed by atoms with van der Waals surface area (Å²) in [7, 11) is 0. The monoisotopic (exact) mass is 126 g/mol. The van der Waals surface area contributed by atoms with Gasteiger partial charge in [0.1, 0.15) is 0 Å². The quantitative estimate of drug-likeness (QED) is 0.557. The molecule has 3 heteroatoms. The summed E-state index contributed by atoms with van der Waals surface area (Å²) in [5, 5.41) is 18.0. The molecule has 0 aliphatic carbocycles. The first kappa shape index (κ1) is 1.48. The van der Waals surface area contributed by atoms with Gasteiger partial charge in [0.05, 0.1) is 12.0 Å². The molecular formula is C5H10O3. The second-order valence-corrected chi connectivity index (χ2v) is 1.14. The molecule has 0 unspecified atom stereocenters. The Bertz CT molecular complexity index is 275. The van der Waals surface area contributed by atoms with Crippen LogP contribution in [0.1, 0.15) is 31.0 Å². The summed E-state index contributed by atoms with van der Waals surface area (Å²) in [5.74, 6) is -2.36. The van der Waals surface area contributed by atoms with Crippen LogP contribution in [0.5, 0.6) is 0 Å². The number of aliphatic carboxylic acids is 1. The number of hydrogen-bond acceptors (Lipinski definition) is 2. The largest absolute Gasteiger partial charge is 0.481 e. The molecule has 3 nitrogen and oxygen atoms in total. The third kappa shape index (κ3) is 5.43. The summed E-state index contributed by atoms with van der Waals surface area (Å²) >= 11 is 0. The van der Waals surface area contributed by atoms with Crippen molar-refractivity contribution in [3.05, 3.63) is 0 Å². The fourth-order valence-corrected chi connectivity index (χ4v) is 0.155. The van der Waals surface area contributed by atoms with Crippen molar-refractivity contribution >= 4 is 5.97 Å². The fraction of sp³-hybridized carbons (Fsp3) is 0.800. The third-order valence-electron chi connectivity index (χ3n) is 0.288. The van der Waals surface area contributed by atoms with Gasteiger partial charge in [0.2, 0.25) is 0 Å². The van der Waals surface area contributed by atoms with Gasteiger partial charge in [-0.3, -0.25) is 4.79 Å². The van der Waals surface area contributed by atoms with E-state index in [2.05, 4.69) is 0 Å². The minimum atomic E-state index is -3.97. The maximum absolute atomic E-state index is 10.5. The number of carboxylic acid groups (broad SMARTS) is 1. The minimum absolute atomic E-state index is 2.36. The Morgan fingerprint density at radius 2 is 2.50 bits per heavy atom. The van der Waals surface area contributed by atoms with E-state index in [1.54, 1.807) is 0 Å². The number of carboxylic acids is 1. The number of hydrogen-bond donors (Lipinski definition) is 2. The first-order chi connectivity index (χ1) is 6.69. The van der Waals surface area contributed by atoms with Crippen molar-refractivity contribution in [2.24, 2.45) is 0 Å². The lowest BCUT2D eigenvalue weighted by atomic mass is 10.1. The van der Waals surface area contributed by atoms with Crippen LogP contribution in [0.2, 0.25) is 0 Å². The van der Waals surface area contributed by atoms with Crippen LogP contribution in [0.3, 0.4) is 0 Å². The van der Waals surface area contributed by atoms with E-state index in [9.17, 15) is 9.90 Å². The van der Waals surface area contributed by atoms with E-state index < -0.39 is 31.6 Å². The zero-order valence-corrected chi connectivity index (χ0v) is 3.80. The molecule has 0 aromatic carbocycles. The molecule has 8 heavy (non-hydrogen) atoms. The van der Waals surface area contributed by atoms with E-state index in [4.69, 9.17) is 16.1 Å². The Hall–Kier alpha value is -0.570. The molecule has 0 radical (unpaired) electrons. The van der Waals surface area contributed by atoms with Crippen molar-refractivity contribution in [2.75, 3.05) is 0 Å². The molecule has 0 aromatic rings. The number of carbonyl (C=O) groups is 1. The van der Waals surface area contributed by atoms with Crippen molar-refractivity contribution in [3.63, 3.8) is 0 Å². The molecule has 0 rings (SSSR count). The lowest BCUT2D eigenvalue weighted by Gasteiger charge is -2.12. The second-order valence-electron chi connectivity index (χ2n) is 1.14. The van der Waals surface area contributed by atoms with Crippen molar-refractivity contribution in [1.29, 1.82) is 0 Å². The van der Waals surface area contributed by atoms with Gasteiger partial charge in [-0.2, -0.15) is 0 Å². The highest BCUT2D eigenvalue weighted by atomic mass is 16.4. The van der Waals surface area contributed by atoms with Gasteiger partial charge < -0.3 is 10.2 Å². The fourth-order valence-electron chi connectivity index (χ4n) is 0.155. The molecule has 48 valence electrons. The van der Waals surface area contributed by atoms with Crippen molar-refractivity contribution in [3.8, 4) is 0 Å². The maximum atomic E-state index is 10.5. The molecule has 0 aliphatic heterocycles. The maximum Gasteiger partial charge on any atom is 0.306 e. The van der Waals surface area contributed by atoms with Crippen LogP contribution in [0, 0.1) is 0 Å². The Labute approximate surface area is 59.2 Å². The van der Waals surface area contributed by atoms with Gasteiger partial charge in [-0.05, 0) is 13.7 Å². The molecule has 0 fully saturated rings. The van der Waals surface area contributed by atoms with Gasteiger partial charge in [0.25, 0.3) is 0 Å². The molecule has 0 aromatic heterocycles. The topological polar surface area (TPSA) is 57.5 Å². The molecular weight excluding hydrogens is 108 g/mol. The summed E-state index contributed by atoms with van der Waals surface area (Å²) in [6, 6.07) is 0. The third-order valence-corrected chi connectivity index (χ3v) is 0.288. The molecule has 0 saturated carbocycles. The molecule has 0 spiro atoms. The normalized spacial score (nSPS) is 31.1. The van der Waals surface area contributed by atoms with Gasteiger partial charge >= 0.3 is 5.97 Å². The molecule has 0 atom stereocenters. The van der Waals surface area contributed by atoms with Crippen molar-refractivity contribution < 1.29 is 26.0 Å². The smallest absolute Gasteiger partial charge is 0.306 e. The van der Waals surface area contributed by atoms with Crippen LogP contribution >= 0.6 is 0 Å². The molecule has 0 aliphatic rings. The van der Waals surface area contributed by atoms with E-state index in [0.717, 1.165) is 0 Å². The summed E-state index contributed by atoms with van der Waals surface area (Å²) in [6.07, 6.45) is -3.83. The predicted octanol–water partition coefficient (Wildman–Crippen LogP) is 0.232. The Morgan fingerprint density at radius 3 is 2.62 bits per heavy atom. The van der Waals surface area contributed by atoms with Crippen LogP contribution in [-0.4, -0.2) is 21.8 Å². The molecule has 0 amide bonds. The highest BCUT2D eigenvalue weighted by Gasteiger charge is 2.16. The van der Waals surface area contributed by atoms with Crippen molar-refractivity contribution in [2.45, 2.75) is 25.7 Å². The SMILES string of the molecule is [2H]C([2H])([2H])C(O)(C([2H])([2H])[2H])C([2H])([2H])C(=O)O. The lowest BCUT2D eigenvalue weighted by Crippen LogP contribution is -2.22. The second kappa shape index (κ2) is 2.13. The molecule has 0 saturated heterocycles. The highest BCUT2D eigenvalue weighted by molar-refractivity contribution is 5.67. The molecule has 2 N–H and O–H groups in total. The average molecular weight is 126 g/mol. The number of rotatable bonds is 2. The van der Waals surface area contributed by atoms with E-state index in [1.165, 1.54) is 0 Å². The first-order valence-corrected chi connectivity index (χ1v) is 1.65. The summed E-state index contributed by atoms with van der Waals surface area (Å²) in [5.41, 5.74) is -3.97. The predicted molar refractivity (Wildman–Crippen MR) is 28.6 cm³/mol. The van der Waals surface area contributed by atoms with E-state index in [0.29, 0.717) is 0 Å². The van der Waals surface area contributed by atoms with Gasteiger partial charge in [-0.1, -0.05) is 0 Å². The lowest BCUT2D eigenvalue weighted by molar-refractivity contribution is -0.141.